The highest BCUT2D eigenvalue weighted by atomic mass is 16.5. The van der Waals surface area contributed by atoms with Crippen LogP contribution in [0.25, 0.3) is 0 Å². The summed E-state index contributed by atoms with van der Waals surface area (Å²) in [6.07, 6.45) is 3.04. The van der Waals surface area contributed by atoms with Crippen LogP contribution in [0.1, 0.15) is 24.8 Å². The summed E-state index contributed by atoms with van der Waals surface area (Å²) in [5.41, 5.74) is 0.506. The number of nitrogens with one attached hydrogen (secondary N) is 2. The molecule has 0 atom stereocenters. The predicted molar refractivity (Wildman–Crippen MR) is 82.2 cm³/mol. The smallest absolute Gasteiger partial charge is 0.230 e. The predicted octanol–water partition coefficient (Wildman–Crippen LogP) is 0.988. The van der Waals surface area contributed by atoms with Crippen molar-refractivity contribution in [1.29, 1.82) is 0 Å². The maximum Gasteiger partial charge on any atom is 0.230 e. The Morgan fingerprint density at radius 2 is 1.95 bits per heavy atom. The molecular weight excluding hydrogens is 284 g/mol. The van der Waals surface area contributed by atoms with Gasteiger partial charge in [0.25, 0.3) is 0 Å². The van der Waals surface area contributed by atoms with Gasteiger partial charge >= 0.3 is 0 Å². The van der Waals surface area contributed by atoms with Crippen LogP contribution < -0.4 is 20.1 Å². The van der Waals surface area contributed by atoms with Crippen LogP contribution in [0.15, 0.2) is 18.2 Å². The molecule has 1 aliphatic carbocycles. The van der Waals surface area contributed by atoms with Crippen LogP contribution in [0.2, 0.25) is 0 Å². The third-order valence-electron chi connectivity index (χ3n) is 3.99. The summed E-state index contributed by atoms with van der Waals surface area (Å²) in [5.74, 6) is 1.32. The Balaban J connectivity index is 2.01. The molecule has 6 nitrogen and oxygen atoms in total. The topological polar surface area (TPSA) is 76.7 Å². The minimum atomic E-state index is -0.447. The van der Waals surface area contributed by atoms with Crippen molar-refractivity contribution in [2.45, 2.75) is 24.7 Å². The normalized spacial score (nSPS) is 14.8. The van der Waals surface area contributed by atoms with Gasteiger partial charge in [-0.2, -0.15) is 0 Å². The number of benzene rings is 1. The number of carbonyl (C=O) groups is 2. The van der Waals surface area contributed by atoms with Crippen LogP contribution in [-0.4, -0.2) is 39.6 Å². The highest BCUT2D eigenvalue weighted by Crippen LogP contribution is 2.50. The molecule has 1 saturated carbocycles. The summed E-state index contributed by atoms with van der Waals surface area (Å²) in [7, 11) is 3.17. The lowest BCUT2D eigenvalue weighted by Crippen LogP contribution is -2.36. The van der Waals surface area contributed by atoms with Gasteiger partial charge in [-0.15, -0.1) is 0 Å². The van der Waals surface area contributed by atoms with Crippen molar-refractivity contribution < 1.29 is 19.1 Å². The van der Waals surface area contributed by atoms with Crippen molar-refractivity contribution >= 4 is 12.3 Å². The van der Waals surface area contributed by atoms with E-state index >= 15 is 0 Å². The summed E-state index contributed by atoms with van der Waals surface area (Å²) in [4.78, 5) is 22.6. The third kappa shape index (κ3) is 3.32. The molecule has 120 valence electrons. The number of methoxy groups -OCH3 is 2. The molecule has 2 N–H and O–H groups in total. The average Bonchev–Trinajstić information content (AvgIpc) is 3.35. The second kappa shape index (κ2) is 7.15. The molecule has 1 fully saturated rings. The van der Waals surface area contributed by atoms with E-state index in [2.05, 4.69) is 10.6 Å². The number of hydrogen-bond donors (Lipinski definition) is 2. The van der Waals surface area contributed by atoms with E-state index in [0.717, 1.165) is 18.4 Å². The van der Waals surface area contributed by atoms with Crippen molar-refractivity contribution in [3.05, 3.63) is 23.8 Å². The number of carbonyl (C=O) groups excluding carboxylic acids is 2. The van der Waals surface area contributed by atoms with Crippen molar-refractivity contribution in [2.24, 2.45) is 0 Å². The van der Waals surface area contributed by atoms with Gasteiger partial charge in [0.15, 0.2) is 11.5 Å². The van der Waals surface area contributed by atoms with E-state index in [0.29, 0.717) is 37.4 Å². The molecule has 0 saturated heterocycles. The van der Waals surface area contributed by atoms with Crippen molar-refractivity contribution in [3.63, 3.8) is 0 Å². The van der Waals surface area contributed by atoms with Gasteiger partial charge in [0, 0.05) is 13.1 Å². The fourth-order valence-electron chi connectivity index (χ4n) is 2.53. The van der Waals surface area contributed by atoms with Gasteiger partial charge < -0.3 is 20.1 Å². The molecule has 0 spiro atoms. The monoisotopic (exact) mass is 306 g/mol. The minimum absolute atomic E-state index is 0.0332. The first-order valence-corrected chi connectivity index (χ1v) is 7.36. The Morgan fingerprint density at radius 1 is 1.23 bits per heavy atom. The molecule has 0 unspecified atom stereocenters. The lowest BCUT2D eigenvalue weighted by molar-refractivity contribution is -0.123. The Labute approximate surface area is 130 Å². The van der Waals surface area contributed by atoms with Gasteiger partial charge in [-0.1, -0.05) is 6.07 Å². The standard InChI is InChI=1S/C16H22N2O4/c1-21-13-5-4-12(10-14(13)22-2)16(6-7-16)15(20)18-9-3-8-17-11-19/h4-5,10-11H,3,6-9H2,1-2H3,(H,17,19)(H,18,20). The summed E-state index contributed by atoms with van der Waals surface area (Å²) >= 11 is 0. The molecule has 0 bridgehead atoms. The zero-order valence-electron chi connectivity index (χ0n) is 13.0. The van der Waals surface area contributed by atoms with Crippen molar-refractivity contribution in [1.82, 2.24) is 10.6 Å². The van der Waals surface area contributed by atoms with Gasteiger partial charge in [-0.05, 0) is 37.0 Å². The van der Waals surface area contributed by atoms with Crippen LogP contribution >= 0.6 is 0 Å². The second-order valence-electron chi connectivity index (χ2n) is 5.33. The van der Waals surface area contributed by atoms with Gasteiger partial charge in [-0.3, -0.25) is 9.59 Å². The fraction of sp³-hybridized carbons (Fsp3) is 0.500. The van der Waals surface area contributed by atoms with E-state index in [9.17, 15) is 9.59 Å². The third-order valence-corrected chi connectivity index (χ3v) is 3.99. The zero-order chi connectivity index (χ0) is 16.0. The van der Waals surface area contributed by atoms with Gasteiger partial charge in [0.05, 0.1) is 19.6 Å². The summed E-state index contributed by atoms with van der Waals surface area (Å²) in [6.45, 7) is 1.11. The highest BCUT2D eigenvalue weighted by molar-refractivity contribution is 5.91. The van der Waals surface area contributed by atoms with Crippen molar-refractivity contribution in [2.75, 3.05) is 27.3 Å². The molecule has 0 radical (unpaired) electrons. The van der Waals surface area contributed by atoms with E-state index in [1.807, 2.05) is 18.2 Å². The van der Waals surface area contributed by atoms with Crippen LogP contribution in [0, 0.1) is 0 Å². The SMILES string of the molecule is COc1ccc(C2(C(=O)NCCCNC=O)CC2)cc1OC. The first kappa shape index (κ1) is 16.1. The summed E-state index contributed by atoms with van der Waals surface area (Å²) < 4.78 is 10.5. The molecule has 1 aromatic rings. The lowest BCUT2D eigenvalue weighted by Gasteiger charge is -2.17. The minimum Gasteiger partial charge on any atom is -0.493 e. The summed E-state index contributed by atoms with van der Waals surface area (Å²) in [6, 6.07) is 5.62. The number of rotatable bonds is 9. The molecule has 0 heterocycles. The highest BCUT2D eigenvalue weighted by Gasteiger charge is 2.51. The molecule has 0 aliphatic heterocycles. The number of amides is 2. The van der Waals surface area contributed by atoms with Crippen molar-refractivity contribution in [3.8, 4) is 11.5 Å². The number of ether oxygens (including phenoxy) is 2. The molecule has 22 heavy (non-hydrogen) atoms. The van der Waals surface area contributed by atoms with Crippen LogP contribution in [0.3, 0.4) is 0 Å². The Hall–Kier alpha value is -2.24. The molecular formula is C16H22N2O4. The molecule has 2 amide bonds. The van der Waals surface area contributed by atoms with E-state index < -0.39 is 5.41 Å². The first-order chi connectivity index (χ1) is 10.7. The largest absolute Gasteiger partial charge is 0.493 e. The Kier molecular flexibility index (Phi) is 5.25. The lowest BCUT2D eigenvalue weighted by atomic mass is 9.94. The summed E-state index contributed by atoms with van der Waals surface area (Å²) in [5, 5.41) is 5.52. The molecule has 1 aromatic carbocycles. The van der Waals surface area contributed by atoms with E-state index in [1.165, 1.54) is 0 Å². The van der Waals surface area contributed by atoms with Gasteiger partial charge in [0.1, 0.15) is 0 Å². The van der Waals surface area contributed by atoms with Crippen LogP contribution in [-0.2, 0) is 15.0 Å². The fourth-order valence-corrected chi connectivity index (χ4v) is 2.53. The average molecular weight is 306 g/mol. The molecule has 1 aliphatic rings. The Bertz CT molecular complexity index is 541. The maximum atomic E-state index is 12.4. The second-order valence-corrected chi connectivity index (χ2v) is 5.33. The first-order valence-electron chi connectivity index (χ1n) is 7.36. The van der Waals surface area contributed by atoms with Crippen LogP contribution in [0.4, 0.5) is 0 Å². The quantitative estimate of drug-likeness (QED) is 0.527. The van der Waals surface area contributed by atoms with E-state index in [1.54, 1.807) is 14.2 Å². The maximum absolute atomic E-state index is 12.4. The van der Waals surface area contributed by atoms with Crippen LogP contribution in [0.5, 0.6) is 11.5 Å². The Morgan fingerprint density at radius 3 is 2.55 bits per heavy atom. The van der Waals surface area contributed by atoms with Gasteiger partial charge in [0.2, 0.25) is 12.3 Å². The zero-order valence-corrected chi connectivity index (χ0v) is 13.0. The van der Waals surface area contributed by atoms with Gasteiger partial charge in [-0.25, -0.2) is 0 Å². The molecule has 2 rings (SSSR count). The number of hydrogen-bond acceptors (Lipinski definition) is 4. The molecule has 6 heteroatoms. The molecule has 0 aromatic heterocycles. The van der Waals surface area contributed by atoms with E-state index in [-0.39, 0.29) is 5.91 Å². The van der Waals surface area contributed by atoms with E-state index in [4.69, 9.17) is 9.47 Å².